The lowest BCUT2D eigenvalue weighted by atomic mass is 10.0. The molecule has 4 aromatic carbocycles. The summed E-state index contributed by atoms with van der Waals surface area (Å²) in [5.41, 5.74) is 10.9. The normalized spacial score (nSPS) is 14.5. The van der Waals surface area contributed by atoms with E-state index in [0.717, 1.165) is 39.8 Å². The number of halogens is 1. The van der Waals surface area contributed by atoms with Gasteiger partial charge in [0, 0.05) is 33.4 Å². The van der Waals surface area contributed by atoms with Crippen molar-refractivity contribution < 1.29 is 28.7 Å². The molecule has 0 aliphatic carbocycles. The number of amidine groups is 2. The molecule has 13 heteroatoms. The van der Waals surface area contributed by atoms with Gasteiger partial charge in [-0.05, 0) is 128 Å². The lowest BCUT2D eigenvalue weighted by Crippen LogP contribution is -2.54. The van der Waals surface area contributed by atoms with Crippen LogP contribution < -0.4 is 20.7 Å². The summed E-state index contributed by atoms with van der Waals surface area (Å²) >= 11 is 5.42. The van der Waals surface area contributed by atoms with Crippen molar-refractivity contribution in [2.24, 2.45) is 16.2 Å². The van der Waals surface area contributed by atoms with Crippen LogP contribution in [-0.4, -0.2) is 58.5 Å². The van der Waals surface area contributed by atoms with Crippen LogP contribution in [0.3, 0.4) is 0 Å². The average Bonchev–Trinajstić information content (AvgIpc) is 3.61. The minimum absolute atomic E-state index is 0. The minimum Gasteiger partial charge on any atom is -0.496 e. The van der Waals surface area contributed by atoms with Crippen LogP contribution in [0, 0.1) is 27.7 Å². The summed E-state index contributed by atoms with van der Waals surface area (Å²) in [6.07, 6.45) is 1.42. The number of aryl methyl sites for hydroxylation is 4. The molecule has 0 aromatic heterocycles. The first-order valence-corrected chi connectivity index (χ1v) is 19.1. The molecule has 3 N–H and O–H groups in total. The molecule has 0 fully saturated rings. The summed E-state index contributed by atoms with van der Waals surface area (Å²) in [5.74, 6) is 8.41. The number of hydrogen-bond acceptors (Lipinski definition) is 11. The second-order valence-electron chi connectivity index (χ2n) is 14.8. The second kappa shape index (κ2) is 19.7. The fraction of sp³-hybridized carbons (Fsp3) is 0.378. The van der Waals surface area contributed by atoms with Crippen molar-refractivity contribution >= 4 is 34.4 Å². The quantitative estimate of drug-likeness (QED) is 0.125. The monoisotopic (exact) mass is 814 g/mol. The Morgan fingerprint density at radius 2 is 1.12 bits per heavy atom. The maximum Gasteiger partial charge on any atom is 0.270 e. The number of methoxy groups -OCH3 is 2. The van der Waals surface area contributed by atoms with Crippen molar-refractivity contribution in [1.82, 2.24) is 15.4 Å². The van der Waals surface area contributed by atoms with Crippen molar-refractivity contribution in [2.45, 2.75) is 101 Å². The number of carbonyl (C=O) groups is 2. The number of nitrogens with zero attached hydrogens (tertiary/aromatic N) is 4. The van der Waals surface area contributed by atoms with Crippen molar-refractivity contribution in [3.05, 3.63) is 128 Å². The predicted molar refractivity (Wildman–Crippen MR) is 232 cm³/mol. The number of nitrogens with two attached hydrogens (primary N) is 1. The highest BCUT2D eigenvalue weighted by Gasteiger charge is 2.40. The van der Waals surface area contributed by atoms with Crippen LogP contribution in [0.15, 0.2) is 83.1 Å². The van der Waals surface area contributed by atoms with Crippen LogP contribution in [0.5, 0.6) is 11.5 Å². The van der Waals surface area contributed by atoms with Gasteiger partial charge in [-0.1, -0.05) is 78.1 Å². The highest BCUT2D eigenvalue weighted by Crippen LogP contribution is 2.29. The molecule has 0 bridgehead atoms. The Morgan fingerprint density at radius 1 is 0.707 bits per heavy atom. The van der Waals surface area contributed by atoms with E-state index < -0.39 is 16.7 Å². The van der Waals surface area contributed by atoms with Gasteiger partial charge in [-0.3, -0.25) is 15.0 Å². The molecule has 2 heterocycles. The second-order valence-corrected chi connectivity index (χ2v) is 15.1. The van der Waals surface area contributed by atoms with E-state index in [9.17, 15) is 9.59 Å². The molecule has 4 aromatic rings. The van der Waals surface area contributed by atoms with Crippen LogP contribution in [0.2, 0.25) is 0 Å². The topological polar surface area (TPSA) is 140 Å². The van der Waals surface area contributed by atoms with E-state index in [-0.39, 0.29) is 13.3 Å². The third kappa shape index (κ3) is 10.9. The molecule has 0 unspecified atom stereocenters. The van der Waals surface area contributed by atoms with Gasteiger partial charge in [0.05, 0.1) is 14.2 Å². The first kappa shape index (κ1) is 46.8. The Hall–Kier alpha value is -5.59. The summed E-state index contributed by atoms with van der Waals surface area (Å²) in [4.78, 5) is 35.0. The van der Waals surface area contributed by atoms with Crippen molar-refractivity contribution in [2.75, 3.05) is 14.2 Å². The third-order valence-corrected chi connectivity index (χ3v) is 9.52. The van der Waals surface area contributed by atoms with E-state index in [1.54, 1.807) is 42.4 Å². The van der Waals surface area contributed by atoms with Crippen LogP contribution in [0.1, 0.15) is 114 Å². The lowest BCUT2D eigenvalue weighted by molar-refractivity contribution is -0.0824. The SMILES string of the molecule is C.CCc1c(OC)cccc1C(=O)Cl.CCc1c(OC)cccc1C(=O)NN1C(c2cc(C)cc(C)c2)=NOC1(C)C.Cc1cc(C)cc(C2=NOC(C)(C)N2N)c1. The summed E-state index contributed by atoms with van der Waals surface area (Å²) in [7, 11) is 3.19. The average molecular weight is 815 g/mol. The molecule has 0 atom stereocenters. The zero-order chi connectivity index (χ0) is 42.2. The summed E-state index contributed by atoms with van der Waals surface area (Å²) in [5, 5.41) is 11.1. The number of hydrazine groups is 2. The number of hydrogen-bond donors (Lipinski definition) is 2. The van der Waals surface area contributed by atoms with E-state index in [0.29, 0.717) is 40.7 Å². The number of oxime groups is 2. The Morgan fingerprint density at radius 3 is 1.53 bits per heavy atom. The van der Waals surface area contributed by atoms with E-state index >= 15 is 0 Å². The Labute approximate surface area is 348 Å². The van der Waals surface area contributed by atoms with Crippen molar-refractivity contribution in [1.29, 1.82) is 0 Å². The van der Waals surface area contributed by atoms with Gasteiger partial charge < -0.3 is 19.1 Å². The van der Waals surface area contributed by atoms with Crippen molar-refractivity contribution in [3.63, 3.8) is 0 Å². The number of nitrogens with one attached hydrogen (secondary N) is 1. The Kier molecular flexibility index (Phi) is 15.9. The molecule has 0 radical (unpaired) electrons. The zero-order valence-electron chi connectivity index (χ0n) is 35.0. The van der Waals surface area contributed by atoms with Crippen LogP contribution in [0.25, 0.3) is 0 Å². The number of carbonyl (C=O) groups excluding carboxylic acids is 2. The number of ether oxygens (including phenoxy) is 2. The van der Waals surface area contributed by atoms with Gasteiger partial charge in [0.2, 0.25) is 11.4 Å². The van der Waals surface area contributed by atoms with Gasteiger partial charge in [-0.25, -0.2) is 15.9 Å². The fourth-order valence-electron chi connectivity index (χ4n) is 6.56. The number of rotatable bonds is 9. The third-order valence-electron chi connectivity index (χ3n) is 9.31. The first-order valence-electron chi connectivity index (χ1n) is 18.7. The maximum atomic E-state index is 13.1. The van der Waals surface area contributed by atoms with E-state index in [1.807, 2.05) is 85.7 Å². The van der Waals surface area contributed by atoms with E-state index in [1.165, 1.54) is 11.1 Å². The first-order chi connectivity index (χ1) is 26.9. The molecule has 0 saturated carbocycles. The van der Waals surface area contributed by atoms with Gasteiger partial charge in [0.25, 0.3) is 11.1 Å². The van der Waals surface area contributed by atoms with Gasteiger partial charge in [-0.2, -0.15) is 0 Å². The van der Waals surface area contributed by atoms with E-state index in [4.69, 9.17) is 36.6 Å². The molecular weight excluding hydrogens is 756 g/mol. The molecule has 312 valence electrons. The smallest absolute Gasteiger partial charge is 0.270 e. The van der Waals surface area contributed by atoms with Gasteiger partial charge in [0.15, 0.2) is 11.7 Å². The van der Waals surface area contributed by atoms with Gasteiger partial charge >= 0.3 is 0 Å². The number of benzene rings is 4. The van der Waals surface area contributed by atoms with Crippen LogP contribution >= 0.6 is 11.6 Å². The molecule has 2 aliphatic heterocycles. The minimum atomic E-state index is -0.812. The highest BCUT2D eigenvalue weighted by atomic mass is 35.5. The standard InChI is InChI=1S/C22H27N3O3.C12H17N3O.C10H11ClO2.CH4/c1-7-17-18(9-8-10-19(17)27-6)21(26)23-25-20(24-28-22(25,4)5)16-12-14(2)11-15(3)13-16;1-8-5-9(2)7-10(6-8)11-14-16-12(3,4)15(11)13;1-3-7-8(10(11)12)5-4-6-9(7)13-2;/h8-13H,7H2,1-6H3,(H,23,26);5-7H,13H2,1-4H3;4-6H,3H2,1-2H3;1H4. The lowest BCUT2D eigenvalue weighted by Gasteiger charge is -2.31. The Bertz CT molecular complexity index is 2120. The van der Waals surface area contributed by atoms with Crippen molar-refractivity contribution in [3.8, 4) is 11.5 Å². The fourth-order valence-corrected chi connectivity index (χ4v) is 6.74. The predicted octanol–water partition coefficient (Wildman–Crippen LogP) is 9.13. The largest absolute Gasteiger partial charge is 0.496 e. The molecule has 0 spiro atoms. The molecule has 6 rings (SSSR count). The molecule has 0 saturated heterocycles. The molecule has 58 heavy (non-hydrogen) atoms. The van der Waals surface area contributed by atoms with Gasteiger partial charge in [-0.15, -0.1) is 0 Å². The molecule has 2 aliphatic rings. The van der Waals surface area contributed by atoms with Gasteiger partial charge in [0.1, 0.15) is 11.5 Å². The Balaban J connectivity index is 0.000000254. The summed E-state index contributed by atoms with van der Waals surface area (Å²) < 4.78 is 10.5. The zero-order valence-corrected chi connectivity index (χ0v) is 35.8. The number of amides is 1. The molecule has 1 amide bonds. The van der Waals surface area contributed by atoms with Crippen LogP contribution in [0.4, 0.5) is 0 Å². The summed E-state index contributed by atoms with van der Waals surface area (Å²) in [6.45, 7) is 19.6. The molecule has 12 nitrogen and oxygen atoms in total. The summed E-state index contributed by atoms with van der Waals surface area (Å²) in [6, 6.07) is 23.1. The maximum absolute atomic E-state index is 13.1. The van der Waals surface area contributed by atoms with Crippen LogP contribution in [-0.2, 0) is 22.5 Å². The van der Waals surface area contributed by atoms with E-state index in [2.05, 4.69) is 53.9 Å². The highest BCUT2D eigenvalue weighted by molar-refractivity contribution is 6.68. The molecular formula is C45H59ClN6O6.